The van der Waals surface area contributed by atoms with Gasteiger partial charge in [0.15, 0.2) is 0 Å². The summed E-state index contributed by atoms with van der Waals surface area (Å²) < 4.78 is 0. The Kier molecular flexibility index (Phi) is 3.98. The van der Waals surface area contributed by atoms with Crippen molar-refractivity contribution in [2.75, 3.05) is 20.6 Å². The Hall–Kier alpha value is -1.51. The van der Waals surface area contributed by atoms with Crippen LogP contribution < -0.4 is 0 Å². The first-order valence-corrected chi connectivity index (χ1v) is 4.51. The SMILES string of the molecule is CN(C)CCc1ccc(N=[N+]=[N-])cc1. The van der Waals surface area contributed by atoms with Crippen molar-refractivity contribution in [2.45, 2.75) is 6.42 Å². The van der Waals surface area contributed by atoms with Crippen LogP contribution in [0, 0.1) is 0 Å². The van der Waals surface area contributed by atoms with Crippen molar-refractivity contribution < 1.29 is 0 Å². The Balaban J connectivity index is 2.59. The van der Waals surface area contributed by atoms with Gasteiger partial charge in [-0.05, 0) is 31.6 Å². The Morgan fingerprint density at radius 2 is 1.93 bits per heavy atom. The molecule has 0 aliphatic carbocycles. The lowest BCUT2D eigenvalue weighted by Crippen LogP contribution is -2.14. The molecule has 0 unspecified atom stereocenters. The molecule has 1 aromatic carbocycles. The van der Waals surface area contributed by atoms with Crippen molar-refractivity contribution in [3.8, 4) is 0 Å². The molecule has 0 aliphatic heterocycles. The molecule has 0 saturated carbocycles. The first-order chi connectivity index (χ1) is 6.72. The molecule has 1 aromatic rings. The van der Waals surface area contributed by atoms with Crippen LogP contribution in [0.5, 0.6) is 0 Å². The molecule has 14 heavy (non-hydrogen) atoms. The van der Waals surface area contributed by atoms with Gasteiger partial charge in [0.1, 0.15) is 0 Å². The Morgan fingerprint density at radius 3 is 2.43 bits per heavy atom. The number of hydrogen-bond acceptors (Lipinski definition) is 2. The Labute approximate surface area is 83.8 Å². The normalized spacial score (nSPS) is 9.93. The quantitative estimate of drug-likeness (QED) is 0.409. The fraction of sp³-hybridized carbons (Fsp3) is 0.400. The molecule has 0 heterocycles. The van der Waals surface area contributed by atoms with Gasteiger partial charge in [0.05, 0.1) is 0 Å². The van der Waals surface area contributed by atoms with Gasteiger partial charge in [0.25, 0.3) is 0 Å². The second kappa shape index (κ2) is 5.27. The highest BCUT2D eigenvalue weighted by molar-refractivity contribution is 5.38. The lowest BCUT2D eigenvalue weighted by molar-refractivity contribution is 0.413. The van der Waals surface area contributed by atoms with Gasteiger partial charge in [-0.2, -0.15) is 0 Å². The summed E-state index contributed by atoms with van der Waals surface area (Å²) in [7, 11) is 4.10. The van der Waals surface area contributed by atoms with Gasteiger partial charge in [0, 0.05) is 17.1 Å². The monoisotopic (exact) mass is 190 g/mol. The molecule has 0 atom stereocenters. The Bertz CT molecular complexity index is 322. The van der Waals surface area contributed by atoms with Gasteiger partial charge in [-0.25, -0.2) is 0 Å². The molecule has 4 nitrogen and oxygen atoms in total. The number of azide groups is 1. The zero-order valence-electron chi connectivity index (χ0n) is 8.51. The summed E-state index contributed by atoms with van der Waals surface area (Å²) in [6.07, 6.45) is 1.02. The smallest absolute Gasteiger partial charge is 0.0375 e. The van der Waals surface area contributed by atoms with Crippen LogP contribution in [0.15, 0.2) is 29.4 Å². The molecule has 0 bridgehead atoms. The summed E-state index contributed by atoms with van der Waals surface area (Å²) in [5.41, 5.74) is 10.1. The zero-order valence-corrected chi connectivity index (χ0v) is 8.51. The van der Waals surface area contributed by atoms with Crippen LogP contribution in [0.4, 0.5) is 5.69 Å². The zero-order chi connectivity index (χ0) is 10.4. The third kappa shape index (κ3) is 3.47. The average molecular weight is 190 g/mol. The predicted octanol–water partition coefficient (Wildman–Crippen LogP) is 2.73. The third-order valence-electron chi connectivity index (χ3n) is 1.94. The van der Waals surface area contributed by atoms with Crippen LogP contribution in [0.25, 0.3) is 10.4 Å². The van der Waals surface area contributed by atoms with Gasteiger partial charge in [-0.15, -0.1) is 0 Å². The van der Waals surface area contributed by atoms with Crippen LogP contribution >= 0.6 is 0 Å². The van der Waals surface area contributed by atoms with Crippen molar-refractivity contribution >= 4 is 5.69 Å². The van der Waals surface area contributed by atoms with Gasteiger partial charge >= 0.3 is 0 Å². The number of likely N-dealkylation sites (N-methyl/N-ethyl adjacent to an activating group) is 1. The molecule has 0 radical (unpaired) electrons. The fourth-order valence-electron chi connectivity index (χ4n) is 1.13. The van der Waals surface area contributed by atoms with Crippen LogP contribution in [-0.2, 0) is 6.42 Å². The number of nitrogens with zero attached hydrogens (tertiary/aromatic N) is 4. The molecule has 4 heteroatoms. The maximum atomic E-state index is 8.22. The molecule has 0 amide bonds. The topological polar surface area (TPSA) is 52.0 Å². The number of hydrogen-bond donors (Lipinski definition) is 0. The summed E-state index contributed by atoms with van der Waals surface area (Å²) in [6, 6.07) is 7.66. The van der Waals surface area contributed by atoms with E-state index in [1.807, 2.05) is 38.4 Å². The van der Waals surface area contributed by atoms with E-state index >= 15 is 0 Å². The van der Waals surface area contributed by atoms with Crippen molar-refractivity contribution in [3.05, 3.63) is 40.3 Å². The van der Waals surface area contributed by atoms with Crippen molar-refractivity contribution in [1.82, 2.24) is 4.90 Å². The van der Waals surface area contributed by atoms with Gasteiger partial charge < -0.3 is 4.90 Å². The first-order valence-electron chi connectivity index (χ1n) is 4.51. The molecule has 0 fully saturated rings. The minimum Gasteiger partial charge on any atom is -0.309 e. The molecular weight excluding hydrogens is 176 g/mol. The minimum atomic E-state index is 0.668. The van der Waals surface area contributed by atoms with Gasteiger partial charge in [0.2, 0.25) is 0 Å². The highest BCUT2D eigenvalue weighted by Crippen LogP contribution is 2.13. The van der Waals surface area contributed by atoms with E-state index in [1.165, 1.54) is 5.56 Å². The summed E-state index contributed by atoms with van der Waals surface area (Å²) in [6.45, 7) is 1.03. The largest absolute Gasteiger partial charge is 0.309 e. The van der Waals surface area contributed by atoms with Gasteiger partial charge in [-0.3, -0.25) is 0 Å². The lowest BCUT2D eigenvalue weighted by atomic mass is 10.1. The molecule has 0 aromatic heterocycles. The highest BCUT2D eigenvalue weighted by Gasteiger charge is 1.94. The third-order valence-corrected chi connectivity index (χ3v) is 1.94. The number of rotatable bonds is 4. The standard InChI is InChI=1S/C10H14N4/c1-14(2)8-7-9-3-5-10(6-4-9)12-13-11/h3-6H,7-8H2,1-2H3. The van der Waals surface area contributed by atoms with E-state index in [1.54, 1.807) is 0 Å². The molecule has 0 saturated heterocycles. The molecule has 0 spiro atoms. The second-order valence-corrected chi connectivity index (χ2v) is 3.41. The van der Waals surface area contributed by atoms with Gasteiger partial charge in [-0.1, -0.05) is 29.4 Å². The molecular formula is C10H14N4. The van der Waals surface area contributed by atoms with E-state index in [4.69, 9.17) is 5.53 Å². The van der Waals surface area contributed by atoms with Crippen LogP contribution in [0.3, 0.4) is 0 Å². The number of benzene rings is 1. The summed E-state index contributed by atoms with van der Waals surface area (Å²) in [4.78, 5) is 4.87. The van der Waals surface area contributed by atoms with Crippen LogP contribution in [-0.4, -0.2) is 25.5 Å². The highest BCUT2D eigenvalue weighted by atomic mass is 15.1. The fourth-order valence-corrected chi connectivity index (χ4v) is 1.13. The van der Waals surface area contributed by atoms with Crippen molar-refractivity contribution in [2.24, 2.45) is 5.11 Å². The summed E-state index contributed by atoms with van der Waals surface area (Å²) in [5, 5.41) is 3.51. The maximum Gasteiger partial charge on any atom is 0.0375 e. The maximum absolute atomic E-state index is 8.22. The van der Waals surface area contributed by atoms with E-state index in [2.05, 4.69) is 14.9 Å². The Morgan fingerprint density at radius 1 is 1.29 bits per heavy atom. The molecule has 1 rings (SSSR count). The van der Waals surface area contributed by atoms with Crippen LogP contribution in [0.2, 0.25) is 0 Å². The lowest BCUT2D eigenvalue weighted by Gasteiger charge is -2.08. The molecule has 0 aliphatic rings. The van der Waals surface area contributed by atoms with Crippen LogP contribution in [0.1, 0.15) is 5.56 Å². The average Bonchev–Trinajstić information content (AvgIpc) is 2.17. The first kappa shape index (κ1) is 10.6. The second-order valence-electron chi connectivity index (χ2n) is 3.41. The minimum absolute atomic E-state index is 0.668. The summed E-state index contributed by atoms with van der Waals surface area (Å²) >= 11 is 0. The van der Waals surface area contributed by atoms with E-state index in [0.29, 0.717) is 5.69 Å². The van der Waals surface area contributed by atoms with Crippen molar-refractivity contribution in [1.29, 1.82) is 0 Å². The predicted molar refractivity (Wildman–Crippen MR) is 57.5 cm³/mol. The van der Waals surface area contributed by atoms with E-state index < -0.39 is 0 Å². The van der Waals surface area contributed by atoms with E-state index in [-0.39, 0.29) is 0 Å². The molecule has 0 N–H and O–H groups in total. The van der Waals surface area contributed by atoms with E-state index in [0.717, 1.165) is 13.0 Å². The molecule has 74 valence electrons. The van der Waals surface area contributed by atoms with E-state index in [9.17, 15) is 0 Å². The van der Waals surface area contributed by atoms with Crippen molar-refractivity contribution in [3.63, 3.8) is 0 Å². The summed E-state index contributed by atoms with van der Waals surface area (Å²) in [5.74, 6) is 0.